The maximum Gasteiger partial charge on any atom is 0.136 e. The van der Waals surface area contributed by atoms with E-state index in [-0.39, 0.29) is 16.9 Å². The first kappa shape index (κ1) is 16.0. The zero-order valence-corrected chi connectivity index (χ0v) is 14.3. The van der Waals surface area contributed by atoms with Crippen LogP contribution in [0.3, 0.4) is 0 Å². The molecule has 5 heteroatoms. The van der Waals surface area contributed by atoms with Crippen molar-refractivity contribution in [3.05, 3.63) is 0 Å². The Kier molecular flexibility index (Phi) is 6.04. The van der Waals surface area contributed by atoms with Gasteiger partial charge >= 0.3 is 0 Å². The standard InChI is InChI=1S/C12H24INO2S/c1-8(14-17(15)12(3,4)5)11-7-6-10(13)9(2)16-11/h8-11,14H,6-7H2,1-5H3. The summed E-state index contributed by atoms with van der Waals surface area (Å²) in [5.41, 5.74) is 0. The van der Waals surface area contributed by atoms with Gasteiger partial charge in [0.25, 0.3) is 0 Å². The van der Waals surface area contributed by atoms with Crippen LogP contribution < -0.4 is 4.72 Å². The second-order valence-corrected chi connectivity index (χ2v) is 9.36. The van der Waals surface area contributed by atoms with Gasteiger partial charge in [0.15, 0.2) is 0 Å². The van der Waals surface area contributed by atoms with Crippen LogP contribution in [0.25, 0.3) is 0 Å². The Morgan fingerprint density at radius 1 is 1.41 bits per heavy atom. The molecule has 0 spiro atoms. The minimum atomic E-state index is -1.02. The van der Waals surface area contributed by atoms with Crippen LogP contribution in [0.15, 0.2) is 0 Å². The van der Waals surface area contributed by atoms with Crippen LogP contribution in [0.4, 0.5) is 0 Å². The van der Waals surface area contributed by atoms with Gasteiger partial charge in [-0.3, -0.25) is 0 Å². The molecule has 1 N–H and O–H groups in total. The number of rotatable bonds is 3. The van der Waals surface area contributed by atoms with Crippen LogP contribution in [0, 0.1) is 0 Å². The van der Waals surface area contributed by atoms with Crippen LogP contribution in [-0.4, -0.2) is 31.5 Å². The van der Waals surface area contributed by atoms with Gasteiger partial charge in [-0.1, -0.05) is 22.6 Å². The highest BCUT2D eigenvalue weighted by molar-refractivity contribution is 14.1. The Labute approximate surface area is 122 Å². The summed E-state index contributed by atoms with van der Waals surface area (Å²) in [7, 11) is 0. The van der Waals surface area contributed by atoms with E-state index in [1.807, 2.05) is 20.8 Å². The summed E-state index contributed by atoms with van der Waals surface area (Å²) in [6.07, 6.45) is 2.71. The summed E-state index contributed by atoms with van der Waals surface area (Å²) < 4.78 is 21.5. The molecular formula is C12H24INO2S. The maximum atomic E-state index is 12.0. The van der Waals surface area contributed by atoms with Gasteiger partial charge in [0.05, 0.1) is 18.2 Å². The van der Waals surface area contributed by atoms with Crippen molar-refractivity contribution < 1.29 is 9.29 Å². The second-order valence-electron chi connectivity index (χ2n) is 5.76. The highest BCUT2D eigenvalue weighted by atomic mass is 127. The number of hydrogen-bond donors (Lipinski definition) is 1. The number of alkyl halides is 1. The van der Waals surface area contributed by atoms with E-state index in [2.05, 4.69) is 41.2 Å². The Hall–Kier alpha value is 0.960. The second kappa shape index (κ2) is 6.41. The Bertz CT molecular complexity index is 247. The molecule has 1 rings (SSSR count). The van der Waals surface area contributed by atoms with Crippen LogP contribution in [0.2, 0.25) is 0 Å². The summed E-state index contributed by atoms with van der Waals surface area (Å²) in [5.74, 6) is 0. The van der Waals surface area contributed by atoms with Crippen LogP contribution in [0.5, 0.6) is 0 Å². The molecule has 0 bridgehead atoms. The molecule has 0 radical (unpaired) electrons. The Morgan fingerprint density at radius 2 is 2.00 bits per heavy atom. The molecule has 5 unspecified atom stereocenters. The smallest absolute Gasteiger partial charge is 0.136 e. The number of hydrogen-bond acceptors (Lipinski definition) is 3. The first-order valence-electron chi connectivity index (χ1n) is 6.19. The monoisotopic (exact) mass is 373 g/mol. The average molecular weight is 373 g/mol. The van der Waals surface area contributed by atoms with Crippen LogP contribution >= 0.6 is 22.6 Å². The van der Waals surface area contributed by atoms with E-state index >= 15 is 0 Å². The van der Waals surface area contributed by atoms with Gasteiger partial charge in [-0.15, -0.1) is 4.72 Å². The Morgan fingerprint density at radius 3 is 2.47 bits per heavy atom. The van der Waals surface area contributed by atoms with E-state index in [1.165, 1.54) is 6.42 Å². The van der Waals surface area contributed by atoms with Gasteiger partial charge in [0.1, 0.15) is 4.75 Å². The molecular weight excluding hydrogens is 349 g/mol. The number of nitrogens with one attached hydrogen (secondary N) is 1. The van der Waals surface area contributed by atoms with Gasteiger partial charge in [-0.25, -0.2) is 0 Å². The minimum absolute atomic E-state index is 0.140. The lowest BCUT2D eigenvalue weighted by atomic mass is 10.0. The molecule has 1 saturated heterocycles. The van der Waals surface area contributed by atoms with Crippen molar-refractivity contribution >= 4 is 34.0 Å². The molecule has 1 fully saturated rings. The van der Waals surface area contributed by atoms with Gasteiger partial charge < -0.3 is 9.29 Å². The lowest BCUT2D eigenvalue weighted by Gasteiger charge is -2.36. The Balaban J connectivity index is 2.46. The van der Waals surface area contributed by atoms with E-state index < -0.39 is 11.4 Å². The zero-order chi connectivity index (χ0) is 13.2. The fourth-order valence-corrected chi connectivity index (χ4v) is 3.15. The molecule has 1 aliphatic heterocycles. The van der Waals surface area contributed by atoms with Crippen molar-refractivity contribution in [2.75, 3.05) is 0 Å². The van der Waals surface area contributed by atoms with Gasteiger partial charge in [0.2, 0.25) is 0 Å². The lowest BCUT2D eigenvalue weighted by Crippen LogP contribution is -2.51. The third kappa shape index (κ3) is 4.86. The van der Waals surface area contributed by atoms with Crippen molar-refractivity contribution in [2.24, 2.45) is 0 Å². The first-order valence-corrected chi connectivity index (χ1v) is 8.59. The van der Waals surface area contributed by atoms with Crippen LogP contribution in [0.1, 0.15) is 47.5 Å². The summed E-state index contributed by atoms with van der Waals surface area (Å²) in [4.78, 5) is 0. The molecule has 17 heavy (non-hydrogen) atoms. The van der Waals surface area contributed by atoms with E-state index in [1.54, 1.807) is 0 Å². The summed E-state index contributed by atoms with van der Waals surface area (Å²) in [5, 5.41) is 0. The highest BCUT2D eigenvalue weighted by Crippen LogP contribution is 2.27. The minimum Gasteiger partial charge on any atom is -0.598 e. The first-order chi connectivity index (χ1) is 7.71. The number of ether oxygens (including phenoxy) is 1. The summed E-state index contributed by atoms with van der Waals surface area (Å²) >= 11 is 1.43. The summed E-state index contributed by atoms with van der Waals surface area (Å²) in [6, 6.07) is 0.140. The van der Waals surface area contributed by atoms with E-state index in [0.29, 0.717) is 10.0 Å². The number of halogens is 1. The molecule has 0 amide bonds. The fourth-order valence-electron chi connectivity index (χ4n) is 1.78. The van der Waals surface area contributed by atoms with E-state index in [0.717, 1.165) is 6.42 Å². The topological polar surface area (TPSA) is 44.3 Å². The molecule has 0 aliphatic carbocycles. The van der Waals surface area contributed by atoms with Crippen molar-refractivity contribution in [3.63, 3.8) is 0 Å². The molecule has 0 aromatic heterocycles. The van der Waals surface area contributed by atoms with Crippen molar-refractivity contribution in [1.82, 2.24) is 4.72 Å². The molecule has 1 heterocycles. The zero-order valence-electron chi connectivity index (χ0n) is 11.3. The SMILES string of the molecule is CC(N[S+]([O-])C(C)(C)C)C1CCC(I)C(C)O1. The third-order valence-electron chi connectivity index (χ3n) is 3.03. The molecule has 3 nitrogen and oxygen atoms in total. The lowest BCUT2D eigenvalue weighted by molar-refractivity contribution is -0.0445. The normalized spacial score (nSPS) is 34.4. The van der Waals surface area contributed by atoms with Gasteiger partial charge in [-0.05, 0) is 47.5 Å². The van der Waals surface area contributed by atoms with Crippen molar-refractivity contribution in [3.8, 4) is 0 Å². The van der Waals surface area contributed by atoms with E-state index in [9.17, 15) is 4.55 Å². The highest BCUT2D eigenvalue weighted by Gasteiger charge is 2.34. The fraction of sp³-hybridized carbons (Fsp3) is 1.00. The van der Waals surface area contributed by atoms with Gasteiger partial charge in [-0.2, -0.15) is 0 Å². The molecule has 1 aliphatic rings. The summed E-state index contributed by atoms with van der Waals surface area (Å²) in [6.45, 7) is 10.1. The van der Waals surface area contributed by atoms with Gasteiger partial charge in [0, 0.05) is 15.3 Å². The molecule has 0 saturated carbocycles. The molecule has 0 aromatic carbocycles. The van der Waals surface area contributed by atoms with Crippen LogP contribution in [-0.2, 0) is 16.1 Å². The predicted molar refractivity (Wildman–Crippen MR) is 81.9 cm³/mol. The quantitative estimate of drug-likeness (QED) is 0.470. The molecule has 5 atom stereocenters. The molecule has 102 valence electrons. The third-order valence-corrected chi connectivity index (χ3v) is 6.37. The maximum absolute atomic E-state index is 12.0. The predicted octanol–water partition coefficient (Wildman–Crippen LogP) is 2.80. The average Bonchev–Trinajstić information content (AvgIpc) is 2.20. The largest absolute Gasteiger partial charge is 0.598 e. The van der Waals surface area contributed by atoms with Crippen molar-refractivity contribution in [1.29, 1.82) is 0 Å². The molecule has 0 aromatic rings. The van der Waals surface area contributed by atoms with Crippen molar-refractivity contribution in [2.45, 2.75) is 74.4 Å². The van der Waals surface area contributed by atoms with E-state index in [4.69, 9.17) is 4.74 Å².